The lowest BCUT2D eigenvalue weighted by atomic mass is 9.99. The number of rotatable bonds is 8. The van der Waals surface area contributed by atoms with Gasteiger partial charge >= 0.3 is 5.97 Å². The van der Waals surface area contributed by atoms with Gasteiger partial charge in [-0.3, -0.25) is 4.90 Å². The molecule has 11 heteroatoms. The van der Waals surface area contributed by atoms with Gasteiger partial charge in [-0.25, -0.2) is 22.9 Å². The number of piperidine rings is 1. The number of carbonyl (C=O) groups excluding carboxylic acids is 1. The molecule has 0 aliphatic carbocycles. The molecule has 0 amide bonds. The fraction of sp³-hybridized carbons (Fsp3) is 0.545. The van der Waals surface area contributed by atoms with E-state index in [0.717, 1.165) is 43.7 Å². The van der Waals surface area contributed by atoms with E-state index in [0.29, 0.717) is 29.9 Å². The minimum Gasteiger partial charge on any atom is -0.416 e. The van der Waals surface area contributed by atoms with Crippen molar-refractivity contribution >= 4 is 23.1 Å². The Kier molecular flexibility index (Phi) is 8.28. The standard InChI is InChI=1S/C22H26F5N3O2S/c1-11(2)4-7-28-21-20(33-13(29-21)10-30-8-5-12(3)6-9-30)22(31)32-19-17(26)15(24)14(23)16(25)18(19)27/h11-12,28H,4-10H2,1-3H3. The van der Waals surface area contributed by atoms with Gasteiger partial charge in [0.25, 0.3) is 0 Å². The number of hydrogen-bond acceptors (Lipinski definition) is 6. The third-order valence-corrected chi connectivity index (χ3v) is 6.49. The van der Waals surface area contributed by atoms with Gasteiger partial charge in [0, 0.05) is 6.54 Å². The second-order valence-electron chi connectivity index (χ2n) is 8.64. The maximum atomic E-state index is 14.0. The van der Waals surface area contributed by atoms with E-state index in [-0.39, 0.29) is 10.7 Å². The quantitative estimate of drug-likeness (QED) is 0.168. The summed E-state index contributed by atoms with van der Waals surface area (Å²) in [6, 6.07) is 0. The van der Waals surface area contributed by atoms with Crippen LogP contribution in [0.5, 0.6) is 5.75 Å². The minimum atomic E-state index is -2.32. The van der Waals surface area contributed by atoms with Crippen molar-refractivity contribution in [3.8, 4) is 5.75 Å². The van der Waals surface area contributed by atoms with Crippen molar-refractivity contribution in [1.29, 1.82) is 0 Å². The number of ether oxygens (including phenoxy) is 1. The van der Waals surface area contributed by atoms with Gasteiger partial charge in [-0.1, -0.05) is 20.8 Å². The van der Waals surface area contributed by atoms with Crippen molar-refractivity contribution in [1.82, 2.24) is 9.88 Å². The molecule has 0 spiro atoms. The highest BCUT2D eigenvalue weighted by molar-refractivity contribution is 7.14. The molecule has 2 aromatic rings. The zero-order valence-electron chi connectivity index (χ0n) is 18.6. The molecule has 182 valence electrons. The first-order valence-corrected chi connectivity index (χ1v) is 11.6. The molecule has 0 unspecified atom stereocenters. The Morgan fingerprint density at radius 1 is 1.09 bits per heavy atom. The molecule has 5 nitrogen and oxygen atoms in total. The second-order valence-corrected chi connectivity index (χ2v) is 9.73. The zero-order chi connectivity index (χ0) is 24.3. The Morgan fingerprint density at radius 2 is 1.67 bits per heavy atom. The molecule has 1 fully saturated rings. The fourth-order valence-electron chi connectivity index (χ4n) is 3.39. The summed E-state index contributed by atoms with van der Waals surface area (Å²) in [5.74, 6) is -12.8. The number of hydrogen-bond donors (Lipinski definition) is 1. The van der Waals surface area contributed by atoms with E-state index in [4.69, 9.17) is 0 Å². The van der Waals surface area contributed by atoms with Gasteiger partial charge in [0.15, 0.2) is 10.7 Å². The van der Waals surface area contributed by atoms with Crippen molar-refractivity contribution < 1.29 is 31.5 Å². The van der Waals surface area contributed by atoms with Crippen molar-refractivity contribution in [2.24, 2.45) is 11.8 Å². The van der Waals surface area contributed by atoms with Crippen LogP contribution < -0.4 is 10.1 Å². The Labute approximate surface area is 192 Å². The molecule has 1 aromatic heterocycles. The average molecular weight is 492 g/mol. The molecule has 0 atom stereocenters. The number of benzene rings is 1. The van der Waals surface area contributed by atoms with Gasteiger partial charge in [-0.2, -0.15) is 8.78 Å². The third-order valence-electron chi connectivity index (χ3n) is 5.47. The summed E-state index contributed by atoms with van der Waals surface area (Å²) < 4.78 is 72.9. The Bertz CT molecular complexity index is 977. The minimum absolute atomic E-state index is 0.0944. The number of nitrogens with zero attached hydrogens (tertiary/aromatic N) is 2. The van der Waals surface area contributed by atoms with Crippen molar-refractivity contribution in [3.05, 3.63) is 39.0 Å². The molecule has 1 aliphatic rings. The summed E-state index contributed by atoms with van der Waals surface area (Å²) in [6.07, 6.45) is 2.85. The monoisotopic (exact) mass is 491 g/mol. The van der Waals surface area contributed by atoms with Gasteiger partial charge < -0.3 is 10.1 Å². The summed E-state index contributed by atoms with van der Waals surface area (Å²) in [5.41, 5.74) is 0. The smallest absolute Gasteiger partial charge is 0.357 e. The van der Waals surface area contributed by atoms with Crippen molar-refractivity contribution in [3.63, 3.8) is 0 Å². The predicted octanol–water partition coefficient (Wildman–Crippen LogP) is 5.75. The van der Waals surface area contributed by atoms with E-state index < -0.39 is 40.8 Å². The molecule has 0 radical (unpaired) electrons. The lowest BCUT2D eigenvalue weighted by molar-refractivity contribution is 0.0722. The number of esters is 1. The van der Waals surface area contributed by atoms with E-state index in [1.54, 1.807) is 0 Å². The van der Waals surface area contributed by atoms with E-state index in [1.165, 1.54) is 0 Å². The van der Waals surface area contributed by atoms with Crippen LogP contribution in [-0.2, 0) is 6.54 Å². The van der Waals surface area contributed by atoms with Crippen LogP contribution in [0.2, 0.25) is 0 Å². The lowest BCUT2D eigenvalue weighted by Crippen LogP contribution is -2.32. The average Bonchev–Trinajstić information content (AvgIpc) is 3.17. The number of nitrogens with one attached hydrogen (secondary N) is 1. The number of anilines is 1. The maximum absolute atomic E-state index is 14.0. The molecule has 1 N–H and O–H groups in total. The SMILES string of the molecule is CC(C)CCNc1nc(CN2CCC(C)CC2)sc1C(=O)Oc1c(F)c(F)c(F)c(F)c1F. The normalized spacial score (nSPS) is 15.3. The fourth-order valence-corrected chi connectivity index (χ4v) is 4.35. The zero-order valence-corrected chi connectivity index (χ0v) is 19.4. The van der Waals surface area contributed by atoms with Crippen LogP contribution in [-0.4, -0.2) is 35.5 Å². The van der Waals surface area contributed by atoms with E-state index >= 15 is 0 Å². The summed E-state index contributed by atoms with van der Waals surface area (Å²) in [4.78, 5) is 19.3. The van der Waals surface area contributed by atoms with Crippen molar-refractivity contribution in [2.45, 2.75) is 46.6 Å². The summed E-state index contributed by atoms with van der Waals surface area (Å²) in [7, 11) is 0. The van der Waals surface area contributed by atoms with Crippen LogP contribution in [0.1, 0.15) is 54.7 Å². The molecule has 1 aliphatic heterocycles. The number of halogens is 5. The molecule has 1 aromatic carbocycles. The molecular formula is C22H26F5N3O2S. The Balaban J connectivity index is 1.85. The van der Waals surface area contributed by atoms with Crippen LogP contribution in [0.25, 0.3) is 0 Å². The number of thiazole rings is 1. The van der Waals surface area contributed by atoms with Crippen LogP contribution in [0.3, 0.4) is 0 Å². The first-order chi connectivity index (χ1) is 15.6. The number of carbonyl (C=O) groups is 1. The Morgan fingerprint density at radius 3 is 2.24 bits per heavy atom. The molecular weight excluding hydrogens is 465 g/mol. The van der Waals surface area contributed by atoms with Gasteiger partial charge in [-0.05, 0) is 44.2 Å². The first-order valence-electron chi connectivity index (χ1n) is 10.8. The highest BCUT2D eigenvalue weighted by atomic mass is 32.1. The van der Waals surface area contributed by atoms with E-state index in [2.05, 4.69) is 26.9 Å². The molecule has 1 saturated heterocycles. The number of likely N-dealkylation sites (tertiary alicyclic amines) is 1. The first kappa shape index (κ1) is 25.4. The predicted molar refractivity (Wildman–Crippen MR) is 115 cm³/mol. The maximum Gasteiger partial charge on any atom is 0.357 e. The summed E-state index contributed by atoms with van der Waals surface area (Å²) in [5, 5.41) is 3.61. The highest BCUT2D eigenvalue weighted by Crippen LogP contribution is 2.32. The van der Waals surface area contributed by atoms with Crippen LogP contribution >= 0.6 is 11.3 Å². The highest BCUT2D eigenvalue weighted by Gasteiger charge is 2.30. The van der Waals surface area contributed by atoms with Crippen LogP contribution in [0, 0.1) is 40.9 Å². The largest absolute Gasteiger partial charge is 0.416 e. The van der Waals surface area contributed by atoms with Gasteiger partial charge in [0.1, 0.15) is 5.01 Å². The van der Waals surface area contributed by atoms with E-state index in [1.807, 2.05) is 13.8 Å². The van der Waals surface area contributed by atoms with Gasteiger partial charge in [-0.15, -0.1) is 11.3 Å². The summed E-state index contributed by atoms with van der Waals surface area (Å²) in [6.45, 7) is 8.93. The molecule has 2 heterocycles. The molecule has 3 rings (SSSR count). The van der Waals surface area contributed by atoms with Gasteiger partial charge in [0.2, 0.25) is 34.8 Å². The molecule has 0 bridgehead atoms. The third kappa shape index (κ3) is 6.00. The number of aromatic nitrogens is 1. The van der Waals surface area contributed by atoms with Crippen LogP contribution in [0.4, 0.5) is 27.8 Å². The second kappa shape index (κ2) is 10.8. The van der Waals surface area contributed by atoms with Crippen LogP contribution in [0.15, 0.2) is 0 Å². The molecule has 33 heavy (non-hydrogen) atoms. The Hall–Kier alpha value is -2.27. The van der Waals surface area contributed by atoms with Crippen molar-refractivity contribution in [2.75, 3.05) is 25.0 Å². The molecule has 0 saturated carbocycles. The topological polar surface area (TPSA) is 54.5 Å². The van der Waals surface area contributed by atoms with E-state index in [9.17, 15) is 26.7 Å². The van der Waals surface area contributed by atoms with Gasteiger partial charge in [0.05, 0.1) is 6.54 Å². The summed E-state index contributed by atoms with van der Waals surface area (Å²) >= 11 is 0.967. The lowest BCUT2D eigenvalue weighted by Gasteiger charge is -2.29.